The maximum atomic E-state index is 6.17. The summed E-state index contributed by atoms with van der Waals surface area (Å²) in [7, 11) is 1.94. The third-order valence-corrected chi connectivity index (χ3v) is 3.88. The van der Waals surface area contributed by atoms with Crippen LogP contribution in [0, 0.1) is 0 Å². The monoisotopic (exact) mass is 278 g/mol. The molecular formula is C14H22N4S. The summed E-state index contributed by atoms with van der Waals surface area (Å²) in [5.74, 6) is 0.936. The highest BCUT2D eigenvalue weighted by Crippen LogP contribution is 2.24. The largest absolute Gasteiger partial charge is 0.394 e. The average Bonchev–Trinajstić information content (AvgIpc) is 2.94. The van der Waals surface area contributed by atoms with Gasteiger partial charge in [-0.05, 0) is 42.2 Å². The van der Waals surface area contributed by atoms with Crippen LogP contribution in [0.5, 0.6) is 0 Å². The van der Waals surface area contributed by atoms with Gasteiger partial charge in [-0.15, -0.1) is 0 Å². The number of nitrogens with two attached hydrogens (primary N) is 1. The molecule has 2 aromatic rings. The minimum atomic E-state index is 0.335. The molecule has 0 aromatic carbocycles. The molecule has 5 heteroatoms. The van der Waals surface area contributed by atoms with Gasteiger partial charge >= 0.3 is 0 Å². The summed E-state index contributed by atoms with van der Waals surface area (Å²) < 4.78 is 1.85. The van der Waals surface area contributed by atoms with E-state index in [0.29, 0.717) is 6.04 Å². The van der Waals surface area contributed by atoms with Crippen molar-refractivity contribution in [3.8, 4) is 0 Å². The van der Waals surface area contributed by atoms with Gasteiger partial charge < -0.3 is 11.1 Å². The van der Waals surface area contributed by atoms with Crippen LogP contribution in [-0.4, -0.2) is 15.8 Å². The molecule has 0 spiro atoms. The van der Waals surface area contributed by atoms with Gasteiger partial charge in [0.2, 0.25) is 0 Å². The molecule has 1 unspecified atom stereocenters. The SMILES string of the molecule is CCCc1nn(C)c(NC(C)Cc2ccsc2)c1N. The topological polar surface area (TPSA) is 55.9 Å². The van der Waals surface area contributed by atoms with Crippen LogP contribution in [0.2, 0.25) is 0 Å². The molecule has 19 heavy (non-hydrogen) atoms. The molecular weight excluding hydrogens is 256 g/mol. The molecule has 0 saturated heterocycles. The third-order valence-electron chi connectivity index (χ3n) is 3.15. The second kappa shape index (κ2) is 6.10. The van der Waals surface area contributed by atoms with Gasteiger partial charge in [0.1, 0.15) is 5.82 Å². The first-order valence-electron chi connectivity index (χ1n) is 6.70. The van der Waals surface area contributed by atoms with E-state index in [4.69, 9.17) is 5.73 Å². The number of hydrogen-bond acceptors (Lipinski definition) is 4. The molecule has 2 heterocycles. The number of thiophene rings is 1. The highest BCUT2D eigenvalue weighted by molar-refractivity contribution is 7.07. The lowest BCUT2D eigenvalue weighted by Gasteiger charge is -2.15. The van der Waals surface area contributed by atoms with Gasteiger partial charge in [0.15, 0.2) is 0 Å². The van der Waals surface area contributed by atoms with E-state index in [1.807, 2.05) is 11.7 Å². The van der Waals surface area contributed by atoms with Gasteiger partial charge in [-0.25, -0.2) is 0 Å². The molecule has 0 aliphatic heterocycles. The molecule has 0 fully saturated rings. The van der Waals surface area contributed by atoms with E-state index in [2.05, 4.69) is 41.1 Å². The van der Waals surface area contributed by atoms with E-state index in [1.54, 1.807) is 11.3 Å². The van der Waals surface area contributed by atoms with Crippen LogP contribution in [0.4, 0.5) is 11.5 Å². The maximum absolute atomic E-state index is 6.17. The summed E-state index contributed by atoms with van der Waals surface area (Å²) in [6, 6.07) is 2.50. The van der Waals surface area contributed by atoms with Crippen molar-refractivity contribution in [2.24, 2.45) is 7.05 Å². The predicted octanol–water partition coefficient (Wildman–Crippen LogP) is 3.06. The molecule has 0 aliphatic rings. The van der Waals surface area contributed by atoms with Crippen LogP contribution in [0.25, 0.3) is 0 Å². The number of nitrogens with zero attached hydrogens (tertiary/aromatic N) is 2. The first-order valence-corrected chi connectivity index (χ1v) is 7.65. The van der Waals surface area contributed by atoms with Crippen molar-refractivity contribution in [1.82, 2.24) is 9.78 Å². The highest BCUT2D eigenvalue weighted by atomic mass is 32.1. The van der Waals surface area contributed by atoms with Crippen molar-refractivity contribution in [1.29, 1.82) is 0 Å². The quantitative estimate of drug-likeness (QED) is 0.854. The van der Waals surface area contributed by atoms with Crippen LogP contribution in [0.3, 0.4) is 0 Å². The van der Waals surface area contributed by atoms with Gasteiger partial charge in [0, 0.05) is 13.1 Å². The van der Waals surface area contributed by atoms with Crippen molar-refractivity contribution in [3.05, 3.63) is 28.1 Å². The Morgan fingerprint density at radius 1 is 1.53 bits per heavy atom. The van der Waals surface area contributed by atoms with E-state index in [1.165, 1.54) is 5.56 Å². The van der Waals surface area contributed by atoms with Gasteiger partial charge in [0.25, 0.3) is 0 Å². The summed E-state index contributed by atoms with van der Waals surface area (Å²) in [6.07, 6.45) is 2.99. The molecule has 3 N–H and O–H groups in total. The maximum Gasteiger partial charge on any atom is 0.147 e. The molecule has 0 amide bonds. The van der Waals surface area contributed by atoms with E-state index >= 15 is 0 Å². The number of anilines is 2. The fourth-order valence-corrected chi connectivity index (χ4v) is 2.92. The lowest BCUT2D eigenvalue weighted by Crippen LogP contribution is -2.20. The molecule has 104 valence electrons. The summed E-state index contributed by atoms with van der Waals surface area (Å²) >= 11 is 1.73. The summed E-state index contributed by atoms with van der Waals surface area (Å²) in [4.78, 5) is 0. The predicted molar refractivity (Wildman–Crippen MR) is 82.7 cm³/mol. The van der Waals surface area contributed by atoms with Gasteiger partial charge in [-0.1, -0.05) is 13.3 Å². The molecule has 0 radical (unpaired) electrons. The number of rotatable bonds is 6. The van der Waals surface area contributed by atoms with Crippen molar-refractivity contribution in [2.75, 3.05) is 11.1 Å². The van der Waals surface area contributed by atoms with Crippen LogP contribution in [0.15, 0.2) is 16.8 Å². The Bertz CT molecular complexity index is 516. The molecule has 2 rings (SSSR count). The Kier molecular flexibility index (Phi) is 4.47. The lowest BCUT2D eigenvalue weighted by molar-refractivity contribution is 0.713. The first-order chi connectivity index (χ1) is 9.11. The zero-order valence-corrected chi connectivity index (χ0v) is 12.6. The highest BCUT2D eigenvalue weighted by Gasteiger charge is 2.14. The molecule has 4 nitrogen and oxygen atoms in total. The molecule has 0 bridgehead atoms. The summed E-state index contributed by atoms with van der Waals surface area (Å²) in [5.41, 5.74) is 9.32. The fourth-order valence-electron chi connectivity index (χ4n) is 2.24. The summed E-state index contributed by atoms with van der Waals surface area (Å²) in [5, 5.41) is 12.3. The fraction of sp³-hybridized carbons (Fsp3) is 0.500. The van der Waals surface area contributed by atoms with Crippen molar-refractivity contribution < 1.29 is 0 Å². The normalized spacial score (nSPS) is 12.6. The third kappa shape index (κ3) is 3.29. The molecule has 0 aliphatic carbocycles. The Labute approximate surface area is 118 Å². The molecule has 1 atom stereocenters. The first kappa shape index (κ1) is 13.9. The average molecular weight is 278 g/mol. The number of nitrogen functional groups attached to an aromatic ring is 1. The Morgan fingerprint density at radius 2 is 2.32 bits per heavy atom. The van der Waals surface area contributed by atoms with Crippen molar-refractivity contribution in [3.63, 3.8) is 0 Å². The van der Waals surface area contributed by atoms with Gasteiger partial charge in [-0.3, -0.25) is 4.68 Å². The number of aromatic nitrogens is 2. The number of aryl methyl sites for hydroxylation is 2. The minimum Gasteiger partial charge on any atom is -0.394 e. The second-order valence-electron chi connectivity index (χ2n) is 4.96. The van der Waals surface area contributed by atoms with Crippen LogP contribution < -0.4 is 11.1 Å². The minimum absolute atomic E-state index is 0.335. The second-order valence-corrected chi connectivity index (χ2v) is 5.74. The summed E-state index contributed by atoms with van der Waals surface area (Å²) in [6.45, 7) is 4.31. The van der Waals surface area contributed by atoms with E-state index in [0.717, 1.165) is 36.5 Å². The van der Waals surface area contributed by atoms with Crippen LogP contribution in [-0.2, 0) is 19.9 Å². The number of hydrogen-bond donors (Lipinski definition) is 2. The number of nitrogens with one attached hydrogen (secondary N) is 1. The molecule has 0 saturated carbocycles. The van der Waals surface area contributed by atoms with Crippen molar-refractivity contribution >= 4 is 22.8 Å². The Morgan fingerprint density at radius 3 is 2.95 bits per heavy atom. The Balaban J connectivity index is 2.06. The van der Waals surface area contributed by atoms with Gasteiger partial charge in [-0.2, -0.15) is 16.4 Å². The Hall–Kier alpha value is -1.49. The van der Waals surface area contributed by atoms with Crippen LogP contribution >= 0.6 is 11.3 Å². The van der Waals surface area contributed by atoms with Gasteiger partial charge in [0.05, 0.1) is 11.4 Å². The van der Waals surface area contributed by atoms with E-state index < -0.39 is 0 Å². The smallest absolute Gasteiger partial charge is 0.147 e. The zero-order valence-electron chi connectivity index (χ0n) is 11.8. The van der Waals surface area contributed by atoms with E-state index in [-0.39, 0.29) is 0 Å². The van der Waals surface area contributed by atoms with Crippen LogP contribution in [0.1, 0.15) is 31.5 Å². The van der Waals surface area contributed by atoms with E-state index in [9.17, 15) is 0 Å². The lowest BCUT2D eigenvalue weighted by atomic mass is 10.1. The zero-order chi connectivity index (χ0) is 13.8. The molecule has 2 aromatic heterocycles. The standard InChI is InChI=1S/C14H22N4S/c1-4-5-12-13(15)14(18(3)17-12)16-10(2)8-11-6-7-19-9-11/h6-7,9-10,16H,4-5,8,15H2,1-3H3. The van der Waals surface area contributed by atoms with Crippen molar-refractivity contribution in [2.45, 2.75) is 39.2 Å².